The highest BCUT2D eigenvalue weighted by atomic mass is 16.6. The Labute approximate surface area is 210 Å². The van der Waals surface area contributed by atoms with Crippen LogP contribution >= 0.6 is 0 Å². The SMILES string of the molecule is C[C@H](NC(=O)[C@@H](C)O[C@H]1[C@H](O)[C@@H](CO)O[C@@H](O)[C@@H]1NC(=O)CN=[N+]=[N-])C(=O)N[C@H](CCC(=O)O)C(N)=O. The van der Waals surface area contributed by atoms with Gasteiger partial charge in [-0.15, -0.1) is 0 Å². The fraction of sp³-hybridized carbons (Fsp3) is 0.737. The van der Waals surface area contributed by atoms with Gasteiger partial charge < -0.3 is 51.6 Å². The number of nitrogens with one attached hydrogen (secondary N) is 3. The number of carboxylic acids is 1. The van der Waals surface area contributed by atoms with Crippen molar-refractivity contribution in [3.8, 4) is 0 Å². The van der Waals surface area contributed by atoms with Gasteiger partial charge in [0.25, 0.3) is 0 Å². The Kier molecular flexibility index (Phi) is 12.7. The molecule has 18 nitrogen and oxygen atoms in total. The molecule has 0 spiro atoms. The number of ether oxygens (including phenoxy) is 2. The lowest BCUT2D eigenvalue weighted by Gasteiger charge is -2.43. The molecule has 4 amide bonds. The van der Waals surface area contributed by atoms with Crippen molar-refractivity contribution < 1.29 is 53.9 Å². The second-order valence-electron chi connectivity index (χ2n) is 8.09. The predicted octanol–water partition coefficient (Wildman–Crippen LogP) is -4.03. The lowest BCUT2D eigenvalue weighted by molar-refractivity contribution is -0.266. The Hall–Kier alpha value is -3.54. The van der Waals surface area contributed by atoms with Crippen LogP contribution in [-0.2, 0) is 33.4 Å². The molecule has 208 valence electrons. The van der Waals surface area contributed by atoms with Gasteiger partial charge in [-0.3, -0.25) is 24.0 Å². The third kappa shape index (κ3) is 9.79. The lowest BCUT2D eigenvalue weighted by atomic mass is 9.96. The van der Waals surface area contributed by atoms with E-state index in [0.29, 0.717) is 0 Å². The first kappa shape index (κ1) is 31.5. The number of aliphatic hydroxyl groups excluding tert-OH is 3. The van der Waals surface area contributed by atoms with Crippen LogP contribution in [0.4, 0.5) is 0 Å². The molecule has 0 aromatic heterocycles. The van der Waals surface area contributed by atoms with Gasteiger partial charge in [0.1, 0.15) is 49.1 Å². The maximum Gasteiger partial charge on any atom is 0.303 e. The van der Waals surface area contributed by atoms with Gasteiger partial charge in [0.2, 0.25) is 23.6 Å². The number of carbonyl (C=O) groups is 5. The molecule has 0 aliphatic carbocycles. The number of nitrogens with zero attached hydrogens (tertiary/aromatic N) is 3. The van der Waals surface area contributed by atoms with Gasteiger partial charge in [-0.1, -0.05) is 5.11 Å². The third-order valence-corrected chi connectivity index (χ3v) is 5.27. The topological polar surface area (TPSA) is 296 Å². The smallest absolute Gasteiger partial charge is 0.303 e. The summed E-state index contributed by atoms with van der Waals surface area (Å²) >= 11 is 0. The van der Waals surface area contributed by atoms with E-state index in [9.17, 15) is 39.3 Å². The normalized spacial score (nSPS) is 25.5. The van der Waals surface area contributed by atoms with Crippen molar-refractivity contribution in [2.45, 2.75) is 75.5 Å². The van der Waals surface area contributed by atoms with Crippen molar-refractivity contribution in [2.75, 3.05) is 13.2 Å². The van der Waals surface area contributed by atoms with Crippen LogP contribution < -0.4 is 21.7 Å². The number of aliphatic carboxylic acids is 1. The summed E-state index contributed by atoms with van der Waals surface area (Å²) in [5.74, 6) is -4.76. The van der Waals surface area contributed by atoms with Crippen molar-refractivity contribution in [1.29, 1.82) is 0 Å². The molecule has 0 bridgehead atoms. The first-order chi connectivity index (χ1) is 17.3. The highest BCUT2D eigenvalue weighted by molar-refractivity contribution is 5.92. The molecule has 0 radical (unpaired) electrons. The first-order valence-electron chi connectivity index (χ1n) is 11.0. The Morgan fingerprint density at radius 1 is 1.16 bits per heavy atom. The van der Waals surface area contributed by atoms with Crippen molar-refractivity contribution in [3.05, 3.63) is 10.4 Å². The molecule has 1 fully saturated rings. The highest BCUT2D eigenvalue weighted by Crippen LogP contribution is 2.23. The number of hydrogen-bond acceptors (Lipinski definition) is 11. The fourth-order valence-corrected chi connectivity index (χ4v) is 3.27. The maximum atomic E-state index is 12.6. The average Bonchev–Trinajstić information content (AvgIpc) is 2.83. The second kappa shape index (κ2) is 14.9. The number of nitrogens with two attached hydrogens (primary N) is 1. The average molecular weight is 533 g/mol. The largest absolute Gasteiger partial charge is 0.481 e. The monoisotopic (exact) mass is 533 g/mol. The van der Waals surface area contributed by atoms with E-state index in [2.05, 4.69) is 26.0 Å². The molecular formula is C19H31N7O11. The van der Waals surface area contributed by atoms with E-state index in [4.69, 9.17) is 25.8 Å². The van der Waals surface area contributed by atoms with Gasteiger partial charge in [-0.25, -0.2) is 0 Å². The Morgan fingerprint density at radius 2 is 1.81 bits per heavy atom. The van der Waals surface area contributed by atoms with E-state index in [1.807, 2.05) is 0 Å². The van der Waals surface area contributed by atoms with Crippen LogP contribution in [0.3, 0.4) is 0 Å². The molecule has 1 heterocycles. The van der Waals surface area contributed by atoms with Gasteiger partial charge in [0.15, 0.2) is 6.29 Å². The quantitative estimate of drug-likeness (QED) is 0.0603. The van der Waals surface area contributed by atoms with Gasteiger partial charge >= 0.3 is 5.97 Å². The second-order valence-corrected chi connectivity index (χ2v) is 8.09. The lowest BCUT2D eigenvalue weighted by Crippen LogP contribution is -2.66. The molecule has 0 aromatic rings. The molecule has 9 N–H and O–H groups in total. The number of amides is 4. The molecule has 1 rings (SSSR count). The minimum absolute atomic E-state index is 0.265. The van der Waals surface area contributed by atoms with Crippen LogP contribution in [-0.4, -0.2) is 112 Å². The highest BCUT2D eigenvalue weighted by Gasteiger charge is 2.47. The zero-order chi connectivity index (χ0) is 28.3. The molecule has 1 saturated heterocycles. The zero-order valence-electron chi connectivity index (χ0n) is 20.0. The minimum Gasteiger partial charge on any atom is -0.481 e. The summed E-state index contributed by atoms with van der Waals surface area (Å²) in [5.41, 5.74) is 13.5. The van der Waals surface area contributed by atoms with Crippen LogP contribution in [0.5, 0.6) is 0 Å². The molecular weight excluding hydrogens is 502 g/mol. The number of primary amides is 1. The van der Waals surface area contributed by atoms with Crippen LogP contribution in [0.15, 0.2) is 5.11 Å². The molecule has 1 aliphatic rings. The van der Waals surface area contributed by atoms with Crippen LogP contribution in [0.1, 0.15) is 26.7 Å². The number of azide groups is 1. The van der Waals surface area contributed by atoms with E-state index < -0.39 is 98.0 Å². The Balaban J connectivity index is 2.87. The summed E-state index contributed by atoms with van der Waals surface area (Å²) in [4.78, 5) is 61.6. The maximum absolute atomic E-state index is 12.6. The summed E-state index contributed by atoms with van der Waals surface area (Å²) in [5, 5.41) is 48.8. The summed E-state index contributed by atoms with van der Waals surface area (Å²) in [7, 11) is 0. The predicted molar refractivity (Wildman–Crippen MR) is 120 cm³/mol. The van der Waals surface area contributed by atoms with Gasteiger partial charge in [-0.2, -0.15) is 0 Å². The van der Waals surface area contributed by atoms with Gasteiger partial charge in [0.05, 0.1) is 6.61 Å². The Morgan fingerprint density at radius 3 is 2.35 bits per heavy atom. The van der Waals surface area contributed by atoms with Crippen LogP contribution in [0.25, 0.3) is 10.4 Å². The van der Waals surface area contributed by atoms with E-state index in [0.717, 1.165) is 0 Å². The summed E-state index contributed by atoms with van der Waals surface area (Å²) in [6.45, 7) is 1.12. The van der Waals surface area contributed by atoms with E-state index >= 15 is 0 Å². The standard InChI is InChI=1S/C19H31N7O11/c1-7(17(33)24-9(16(20)32)3-4-12(29)30)23-18(34)8(2)36-15-13(25-11(28)5-22-26-21)19(35)37-10(6-27)14(15)31/h7-10,13-15,19,27,31,35H,3-6H2,1-2H3,(H2,20,32)(H,23,34)(H,24,33)(H,25,28)(H,29,30)/t7-,8+,9+,10+,13+,14+,15+,19+/m0/s1. The number of aliphatic hydroxyl groups is 3. The number of hydrogen-bond donors (Lipinski definition) is 8. The molecule has 1 aliphatic heterocycles. The summed E-state index contributed by atoms with van der Waals surface area (Å²) < 4.78 is 10.6. The van der Waals surface area contributed by atoms with Gasteiger partial charge in [0, 0.05) is 11.3 Å². The zero-order valence-corrected chi connectivity index (χ0v) is 20.0. The molecule has 18 heteroatoms. The van der Waals surface area contributed by atoms with E-state index in [1.165, 1.54) is 13.8 Å². The van der Waals surface area contributed by atoms with Crippen molar-refractivity contribution in [2.24, 2.45) is 10.8 Å². The minimum atomic E-state index is -1.78. The fourth-order valence-electron chi connectivity index (χ4n) is 3.27. The summed E-state index contributed by atoms with van der Waals surface area (Å²) in [6.07, 6.45) is -8.32. The summed E-state index contributed by atoms with van der Waals surface area (Å²) in [6, 6.07) is -3.97. The van der Waals surface area contributed by atoms with Crippen molar-refractivity contribution in [3.63, 3.8) is 0 Å². The third-order valence-electron chi connectivity index (χ3n) is 5.27. The molecule has 8 atom stereocenters. The van der Waals surface area contributed by atoms with Crippen molar-refractivity contribution in [1.82, 2.24) is 16.0 Å². The van der Waals surface area contributed by atoms with Gasteiger partial charge in [-0.05, 0) is 25.8 Å². The molecule has 0 saturated carbocycles. The van der Waals surface area contributed by atoms with Crippen molar-refractivity contribution >= 4 is 29.6 Å². The Bertz CT molecular complexity index is 898. The number of carbonyl (C=O) groups excluding carboxylic acids is 4. The first-order valence-corrected chi connectivity index (χ1v) is 11.0. The van der Waals surface area contributed by atoms with E-state index in [1.54, 1.807) is 0 Å². The van der Waals surface area contributed by atoms with Crippen LogP contribution in [0, 0.1) is 0 Å². The molecule has 0 aromatic carbocycles. The van der Waals surface area contributed by atoms with E-state index in [-0.39, 0.29) is 6.42 Å². The van der Waals surface area contributed by atoms with Crippen LogP contribution in [0.2, 0.25) is 0 Å². The molecule has 0 unspecified atom stereocenters. The number of rotatable bonds is 14. The number of carboxylic acid groups (broad SMARTS) is 1. The molecule has 37 heavy (non-hydrogen) atoms.